The Morgan fingerprint density at radius 1 is 1.28 bits per heavy atom. The van der Waals surface area contributed by atoms with Crippen LogP contribution in [-0.2, 0) is 0 Å². The summed E-state index contributed by atoms with van der Waals surface area (Å²) in [6.07, 6.45) is 1.82. The average molecular weight is 244 g/mol. The van der Waals surface area contributed by atoms with E-state index in [9.17, 15) is 5.11 Å². The van der Waals surface area contributed by atoms with Crippen LogP contribution in [0.4, 0.5) is 0 Å². The number of aliphatic hydroxyl groups excluding tert-OH is 1. The van der Waals surface area contributed by atoms with Gasteiger partial charge in [0, 0.05) is 5.39 Å². The highest BCUT2D eigenvalue weighted by Crippen LogP contribution is 2.43. The zero-order valence-electron chi connectivity index (χ0n) is 11.2. The molecule has 1 atom stereocenters. The third kappa shape index (κ3) is 1.85. The van der Waals surface area contributed by atoms with Crippen LogP contribution in [0, 0.1) is 12.8 Å². The lowest BCUT2D eigenvalue weighted by molar-refractivity contribution is 0.129. The van der Waals surface area contributed by atoms with Crippen LogP contribution in [0.1, 0.15) is 55.6 Å². The summed E-state index contributed by atoms with van der Waals surface area (Å²) in [7, 11) is 0. The summed E-state index contributed by atoms with van der Waals surface area (Å²) in [6, 6.07) is 6.32. The van der Waals surface area contributed by atoms with E-state index in [-0.39, 0.29) is 0 Å². The normalized spacial score (nSPS) is 17.6. The van der Waals surface area contributed by atoms with Crippen molar-refractivity contribution in [3.05, 3.63) is 35.1 Å². The van der Waals surface area contributed by atoms with Crippen molar-refractivity contribution in [1.29, 1.82) is 0 Å². The van der Waals surface area contributed by atoms with Crippen molar-refractivity contribution in [1.82, 2.24) is 0 Å². The molecule has 18 heavy (non-hydrogen) atoms. The molecular formula is C16H20O2. The standard InChI is InChI=1S/C16H20O2/c1-9(2)12-7-4-10(3)16-13(12)8-14(18-16)15(17)11-5-6-11/h4,7-9,11,15,17H,5-6H2,1-3H3. The van der Waals surface area contributed by atoms with Gasteiger partial charge in [-0.15, -0.1) is 0 Å². The van der Waals surface area contributed by atoms with Gasteiger partial charge >= 0.3 is 0 Å². The smallest absolute Gasteiger partial charge is 0.137 e. The Morgan fingerprint density at radius 3 is 2.61 bits per heavy atom. The molecule has 0 saturated heterocycles. The second-order valence-electron chi connectivity index (χ2n) is 5.80. The Morgan fingerprint density at radius 2 is 2.00 bits per heavy atom. The lowest BCUT2D eigenvalue weighted by atomic mass is 9.97. The molecule has 0 radical (unpaired) electrons. The van der Waals surface area contributed by atoms with Gasteiger partial charge in [0.1, 0.15) is 17.4 Å². The van der Waals surface area contributed by atoms with E-state index in [2.05, 4.69) is 32.9 Å². The molecule has 1 aromatic heterocycles. The molecule has 1 saturated carbocycles. The van der Waals surface area contributed by atoms with E-state index in [1.807, 2.05) is 6.07 Å². The fourth-order valence-electron chi connectivity index (χ4n) is 2.59. The number of hydrogen-bond acceptors (Lipinski definition) is 2. The third-order valence-electron chi connectivity index (χ3n) is 3.92. The van der Waals surface area contributed by atoms with E-state index < -0.39 is 6.10 Å². The second kappa shape index (κ2) is 4.13. The summed E-state index contributed by atoms with van der Waals surface area (Å²) >= 11 is 0. The van der Waals surface area contributed by atoms with Crippen LogP contribution in [-0.4, -0.2) is 5.11 Å². The average Bonchev–Trinajstić information content (AvgIpc) is 3.07. The molecule has 1 unspecified atom stereocenters. The quantitative estimate of drug-likeness (QED) is 0.872. The lowest BCUT2D eigenvalue weighted by Gasteiger charge is -2.07. The number of benzene rings is 1. The molecule has 0 aliphatic heterocycles. The molecule has 0 spiro atoms. The maximum atomic E-state index is 10.2. The molecule has 1 aliphatic carbocycles. The van der Waals surface area contributed by atoms with E-state index in [0.29, 0.717) is 11.8 Å². The molecule has 2 nitrogen and oxygen atoms in total. The van der Waals surface area contributed by atoms with Crippen molar-refractivity contribution >= 4 is 11.0 Å². The fraction of sp³-hybridized carbons (Fsp3) is 0.500. The Bertz CT molecular complexity index is 576. The summed E-state index contributed by atoms with van der Waals surface area (Å²) in [5.41, 5.74) is 3.38. The minimum Gasteiger partial charge on any atom is -0.458 e. The van der Waals surface area contributed by atoms with Gasteiger partial charge in [0.15, 0.2) is 0 Å². The van der Waals surface area contributed by atoms with Crippen LogP contribution in [0.5, 0.6) is 0 Å². The van der Waals surface area contributed by atoms with Crippen LogP contribution >= 0.6 is 0 Å². The Balaban J connectivity index is 2.14. The van der Waals surface area contributed by atoms with E-state index in [4.69, 9.17) is 4.42 Å². The van der Waals surface area contributed by atoms with Gasteiger partial charge in [-0.2, -0.15) is 0 Å². The Hall–Kier alpha value is -1.28. The topological polar surface area (TPSA) is 33.4 Å². The molecule has 3 rings (SSSR count). The summed E-state index contributed by atoms with van der Waals surface area (Å²) in [5.74, 6) is 1.62. The number of rotatable bonds is 3. The van der Waals surface area contributed by atoms with Gasteiger partial charge in [-0.3, -0.25) is 0 Å². The minimum absolute atomic E-state index is 0.411. The lowest BCUT2D eigenvalue weighted by Crippen LogP contribution is -1.96. The molecule has 0 bridgehead atoms. The van der Waals surface area contributed by atoms with Gasteiger partial charge in [-0.25, -0.2) is 0 Å². The van der Waals surface area contributed by atoms with Crippen molar-refractivity contribution < 1.29 is 9.52 Å². The summed E-state index contributed by atoms with van der Waals surface area (Å²) in [6.45, 7) is 6.44. The number of fused-ring (bicyclic) bond motifs is 1. The predicted octanol–water partition coefficient (Wildman–Crippen LogP) is 4.31. The van der Waals surface area contributed by atoms with E-state index in [0.717, 1.165) is 29.7 Å². The van der Waals surface area contributed by atoms with Crippen molar-refractivity contribution in [3.63, 3.8) is 0 Å². The van der Waals surface area contributed by atoms with Gasteiger partial charge < -0.3 is 9.52 Å². The van der Waals surface area contributed by atoms with Gasteiger partial charge in [0.05, 0.1) is 0 Å². The monoisotopic (exact) mass is 244 g/mol. The SMILES string of the molecule is Cc1ccc(C(C)C)c2cc(C(O)C3CC3)oc12. The second-order valence-corrected chi connectivity index (χ2v) is 5.80. The van der Waals surface area contributed by atoms with Crippen molar-refractivity contribution in [3.8, 4) is 0 Å². The Kier molecular flexibility index (Phi) is 2.70. The maximum Gasteiger partial charge on any atom is 0.137 e. The molecule has 1 aliphatic rings. The largest absolute Gasteiger partial charge is 0.458 e. The first kappa shape index (κ1) is 11.8. The number of hydrogen-bond donors (Lipinski definition) is 1. The summed E-state index contributed by atoms with van der Waals surface area (Å²) < 4.78 is 5.90. The molecule has 1 aromatic carbocycles. The molecule has 1 fully saturated rings. The molecule has 1 N–H and O–H groups in total. The van der Waals surface area contributed by atoms with E-state index in [1.54, 1.807) is 0 Å². The molecule has 96 valence electrons. The van der Waals surface area contributed by atoms with E-state index >= 15 is 0 Å². The molecule has 2 aromatic rings. The molecule has 0 amide bonds. The number of aliphatic hydroxyl groups is 1. The molecular weight excluding hydrogens is 224 g/mol. The van der Waals surface area contributed by atoms with Gasteiger partial charge in [-0.1, -0.05) is 26.0 Å². The predicted molar refractivity (Wildman–Crippen MR) is 72.7 cm³/mol. The molecule has 2 heteroatoms. The van der Waals surface area contributed by atoms with E-state index in [1.165, 1.54) is 10.9 Å². The number of aryl methyl sites for hydroxylation is 1. The Labute approximate surface area is 108 Å². The van der Waals surface area contributed by atoms with Crippen LogP contribution in [0.3, 0.4) is 0 Å². The third-order valence-corrected chi connectivity index (χ3v) is 3.92. The fourth-order valence-corrected chi connectivity index (χ4v) is 2.59. The van der Waals surface area contributed by atoms with Crippen LogP contribution in [0.25, 0.3) is 11.0 Å². The summed E-state index contributed by atoms with van der Waals surface area (Å²) in [5, 5.41) is 11.4. The highest BCUT2D eigenvalue weighted by atomic mass is 16.4. The highest BCUT2D eigenvalue weighted by Gasteiger charge is 2.33. The van der Waals surface area contributed by atoms with Crippen molar-refractivity contribution in [2.75, 3.05) is 0 Å². The van der Waals surface area contributed by atoms with Crippen LogP contribution < -0.4 is 0 Å². The number of furan rings is 1. The first-order valence-electron chi connectivity index (χ1n) is 6.79. The maximum absolute atomic E-state index is 10.2. The minimum atomic E-state index is -0.420. The summed E-state index contributed by atoms with van der Waals surface area (Å²) in [4.78, 5) is 0. The van der Waals surface area contributed by atoms with Gasteiger partial charge in [0.2, 0.25) is 0 Å². The zero-order chi connectivity index (χ0) is 12.9. The zero-order valence-corrected chi connectivity index (χ0v) is 11.2. The first-order chi connectivity index (χ1) is 8.58. The van der Waals surface area contributed by atoms with Crippen molar-refractivity contribution in [2.45, 2.75) is 45.6 Å². The van der Waals surface area contributed by atoms with Crippen LogP contribution in [0.15, 0.2) is 22.6 Å². The van der Waals surface area contributed by atoms with Gasteiger partial charge in [-0.05, 0) is 48.8 Å². The highest BCUT2D eigenvalue weighted by molar-refractivity contribution is 5.85. The van der Waals surface area contributed by atoms with Gasteiger partial charge in [0.25, 0.3) is 0 Å². The molecule has 1 heterocycles. The first-order valence-corrected chi connectivity index (χ1v) is 6.79. The van der Waals surface area contributed by atoms with Crippen molar-refractivity contribution in [2.24, 2.45) is 5.92 Å². The van der Waals surface area contributed by atoms with Crippen LogP contribution in [0.2, 0.25) is 0 Å².